The fraction of sp³-hybridized carbons (Fsp3) is 0.750. The molecule has 124 valence electrons. The van der Waals surface area contributed by atoms with E-state index in [4.69, 9.17) is 5.11 Å². The molecule has 0 fully saturated rings. The molecule has 0 saturated heterocycles. The Balaban J connectivity index is 3.21. The van der Waals surface area contributed by atoms with Crippen LogP contribution in [0.15, 0.2) is 0 Å². The summed E-state index contributed by atoms with van der Waals surface area (Å²) >= 11 is 0. The molecule has 0 spiro atoms. The van der Waals surface area contributed by atoms with Crippen molar-refractivity contribution >= 4 is 5.97 Å². The summed E-state index contributed by atoms with van der Waals surface area (Å²) in [7, 11) is 0. The maximum Gasteiger partial charge on any atom is 0.303 e. The SMILES string of the molecule is CCCCC#CCCCC#CCCCCCCCCC(=O)O. The highest BCUT2D eigenvalue weighted by atomic mass is 16.4. The van der Waals surface area contributed by atoms with E-state index in [-0.39, 0.29) is 0 Å². The van der Waals surface area contributed by atoms with Gasteiger partial charge in [0, 0.05) is 32.1 Å². The Kier molecular flexibility index (Phi) is 16.5. The molecular formula is C20H32O2. The molecule has 0 unspecified atom stereocenters. The predicted molar refractivity (Wildman–Crippen MR) is 93.5 cm³/mol. The van der Waals surface area contributed by atoms with E-state index in [0.29, 0.717) is 6.42 Å². The monoisotopic (exact) mass is 304 g/mol. The summed E-state index contributed by atoms with van der Waals surface area (Å²) in [6.07, 6.45) is 14.4. The molecule has 0 radical (unpaired) electrons. The number of carboxylic acid groups (broad SMARTS) is 1. The van der Waals surface area contributed by atoms with Gasteiger partial charge < -0.3 is 5.11 Å². The van der Waals surface area contributed by atoms with Crippen molar-refractivity contribution in [1.82, 2.24) is 0 Å². The average molecular weight is 304 g/mol. The van der Waals surface area contributed by atoms with Crippen molar-refractivity contribution in [2.24, 2.45) is 0 Å². The van der Waals surface area contributed by atoms with E-state index in [0.717, 1.165) is 51.4 Å². The minimum Gasteiger partial charge on any atom is -0.481 e. The van der Waals surface area contributed by atoms with Gasteiger partial charge in [-0.3, -0.25) is 4.79 Å². The summed E-state index contributed by atoms with van der Waals surface area (Å²) in [4.78, 5) is 10.3. The molecule has 0 aliphatic rings. The summed E-state index contributed by atoms with van der Waals surface area (Å²) in [6, 6.07) is 0. The summed E-state index contributed by atoms with van der Waals surface area (Å²) in [5, 5.41) is 8.52. The van der Waals surface area contributed by atoms with Crippen molar-refractivity contribution in [3.8, 4) is 23.7 Å². The lowest BCUT2D eigenvalue weighted by atomic mass is 10.1. The number of carbonyl (C=O) groups is 1. The zero-order valence-electron chi connectivity index (χ0n) is 14.3. The number of aliphatic carboxylic acids is 1. The van der Waals surface area contributed by atoms with Crippen molar-refractivity contribution in [2.45, 2.75) is 96.8 Å². The molecule has 0 atom stereocenters. The molecule has 0 heterocycles. The first-order valence-corrected chi connectivity index (χ1v) is 8.90. The lowest BCUT2D eigenvalue weighted by molar-refractivity contribution is -0.137. The largest absolute Gasteiger partial charge is 0.481 e. The molecule has 0 aromatic rings. The van der Waals surface area contributed by atoms with Crippen LogP contribution in [-0.4, -0.2) is 11.1 Å². The van der Waals surface area contributed by atoms with Crippen LogP contribution < -0.4 is 0 Å². The third kappa shape index (κ3) is 18.6. The lowest BCUT2D eigenvalue weighted by Crippen LogP contribution is -1.93. The van der Waals surface area contributed by atoms with Gasteiger partial charge in [-0.1, -0.05) is 39.0 Å². The van der Waals surface area contributed by atoms with Gasteiger partial charge in [-0.25, -0.2) is 0 Å². The van der Waals surface area contributed by atoms with Crippen LogP contribution >= 0.6 is 0 Å². The standard InChI is InChI=1S/C20H32O2/c1-2-3-4-5-6-7-8-9-10-11-12-13-14-15-16-17-18-19-20(21)22/h2-4,7-9,12-19H2,1H3,(H,21,22). The van der Waals surface area contributed by atoms with Gasteiger partial charge in [-0.2, -0.15) is 0 Å². The molecule has 1 N–H and O–H groups in total. The maximum atomic E-state index is 10.3. The van der Waals surface area contributed by atoms with E-state index in [2.05, 4.69) is 30.6 Å². The van der Waals surface area contributed by atoms with Gasteiger partial charge in [-0.15, -0.1) is 23.7 Å². The van der Waals surface area contributed by atoms with Crippen molar-refractivity contribution in [2.75, 3.05) is 0 Å². The van der Waals surface area contributed by atoms with E-state index in [1.54, 1.807) is 0 Å². The Morgan fingerprint density at radius 1 is 0.682 bits per heavy atom. The van der Waals surface area contributed by atoms with Crippen molar-refractivity contribution in [3.05, 3.63) is 0 Å². The van der Waals surface area contributed by atoms with Crippen molar-refractivity contribution in [1.29, 1.82) is 0 Å². The van der Waals surface area contributed by atoms with E-state index in [1.165, 1.54) is 32.1 Å². The molecule has 0 rings (SSSR count). The van der Waals surface area contributed by atoms with Gasteiger partial charge >= 0.3 is 5.97 Å². The Bertz CT molecular complexity index is 376. The maximum absolute atomic E-state index is 10.3. The number of hydrogen-bond acceptors (Lipinski definition) is 1. The van der Waals surface area contributed by atoms with E-state index in [1.807, 2.05) is 0 Å². The van der Waals surface area contributed by atoms with Crippen molar-refractivity contribution < 1.29 is 9.90 Å². The van der Waals surface area contributed by atoms with E-state index < -0.39 is 5.97 Å². The van der Waals surface area contributed by atoms with Crippen LogP contribution in [0, 0.1) is 23.7 Å². The van der Waals surface area contributed by atoms with E-state index >= 15 is 0 Å². The number of unbranched alkanes of at least 4 members (excludes halogenated alkanes) is 10. The first-order chi connectivity index (χ1) is 10.8. The quantitative estimate of drug-likeness (QED) is 0.378. The lowest BCUT2D eigenvalue weighted by Gasteiger charge is -1.98. The topological polar surface area (TPSA) is 37.3 Å². The molecule has 2 nitrogen and oxygen atoms in total. The Morgan fingerprint density at radius 2 is 1.14 bits per heavy atom. The fourth-order valence-corrected chi connectivity index (χ4v) is 2.08. The van der Waals surface area contributed by atoms with Gasteiger partial charge in [0.05, 0.1) is 0 Å². The molecule has 0 aromatic carbocycles. The molecule has 2 heteroatoms. The number of rotatable bonds is 12. The van der Waals surface area contributed by atoms with Gasteiger partial charge in [0.15, 0.2) is 0 Å². The minimum absolute atomic E-state index is 0.314. The first-order valence-electron chi connectivity index (χ1n) is 8.90. The summed E-state index contributed by atoms with van der Waals surface area (Å²) in [5.41, 5.74) is 0. The number of hydrogen-bond donors (Lipinski definition) is 1. The smallest absolute Gasteiger partial charge is 0.303 e. The van der Waals surface area contributed by atoms with Gasteiger partial charge in [-0.05, 0) is 25.7 Å². The Hall–Kier alpha value is -1.41. The molecule has 0 aliphatic heterocycles. The zero-order valence-corrected chi connectivity index (χ0v) is 14.3. The third-order valence-corrected chi connectivity index (χ3v) is 3.45. The zero-order chi connectivity index (χ0) is 16.3. The first kappa shape index (κ1) is 20.6. The third-order valence-electron chi connectivity index (χ3n) is 3.45. The molecule has 0 saturated carbocycles. The summed E-state index contributed by atoms with van der Waals surface area (Å²) in [6.45, 7) is 2.19. The van der Waals surface area contributed by atoms with Crippen molar-refractivity contribution in [3.63, 3.8) is 0 Å². The van der Waals surface area contributed by atoms with E-state index in [9.17, 15) is 4.79 Å². The fourth-order valence-electron chi connectivity index (χ4n) is 2.08. The molecule has 22 heavy (non-hydrogen) atoms. The highest BCUT2D eigenvalue weighted by Crippen LogP contribution is 2.08. The number of carboxylic acids is 1. The second-order valence-corrected chi connectivity index (χ2v) is 5.68. The summed E-state index contributed by atoms with van der Waals surface area (Å²) in [5.74, 6) is 12.2. The molecule has 0 aromatic heterocycles. The van der Waals surface area contributed by atoms with Crippen LogP contribution in [0.5, 0.6) is 0 Å². The highest BCUT2D eigenvalue weighted by Gasteiger charge is 1.96. The Morgan fingerprint density at radius 3 is 1.68 bits per heavy atom. The molecule has 0 amide bonds. The Labute approximate surface area is 137 Å². The van der Waals surface area contributed by atoms with Crippen LogP contribution in [-0.2, 0) is 4.79 Å². The normalized spacial score (nSPS) is 9.50. The minimum atomic E-state index is -0.679. The van der Waals surface area contributed by atoms with Crippen LogP contribution in [0.4, 0.5) is 0 Å². The van der Waals surface area contributed by atoms with Crippen LogP contribution in [0.3, 0.4) is 0 Å². The van der Waals surface area contributed by atoms with Gasteiger partial charge in [0.25, 0.3) is 0 Å². The van der Waals surface area contributed by atoms with Crippen LogP contribution in [0.25, 0.3) is 0 Å². The second-order valence-electron chi connectivity index (χ2n) is 5.68. The molecule has 0 bridgehead atoms. The summed E-state index contributed by atoms with van der Waals surface area (Å²) < 4.78 is 0. The van der Waals surface area contributed by atoms with Crippen LogP contribution in [0.1, 0.15) is 96.8 Å². The highest BCUT2D eigenvalue weighted by molar-refractivity contribution is 5.66. The van der Waals surface area contributed by atoms with Gasteiger partial charge in [0.2, 0.25) is 0 Å². The molecular weight excluding hydrogens is 272 g/mol. The predicted octanol–water partition coefficient (Wildman–Crippen LogP) is 5.56. The average Bonchev–Trinajstić information content (AvgIpc) is 2.50. The molecule has 0 aliphatic carbocycles. The van der Waals surface area contributed by atoms with Crippen LogP contribution in [0.2, 0.25) is 0 Å². The second kappa shape index (κ2) is 17.6. The van der Waals surface area contributed by atoms with Gasteiger partial charge in [0.1, 0.15) is 0 Å².